The molecule has 0 saturated heterocycles. The maximum atomic E-state index is 12.2. The molecular formula is C16H20O4. The summed E-state index contributed by atoms with van der Waals surface area (Å²) < 4.78 is 10.5. The zero-order chi connectivity index (χ0) is 14.5. The second kappa shape index (κ2) is 6.55. The van der Waals surface area contributed by atoms with E-state index in [1.807, 2.05) is 13.8 Å². The summed E-state index contributed by atoms with van der Waals surface area (Å²) in [7, 11) is 0. The quantitative estimate of drug-likeness (QED) is 0.745. The van der Waals surface area contributed by atoms with Gasteiger partial charge in [-0.15, -0.1) is 0 Å². The van der Waals surface area contributed by atoms with E-state index in [1.165, 1.54) is 0 Å². The van der Waals surface area contributed by atoms with Crippen molar-refractivity contribution in [1.82, 2.24) is 0 Å². The summed E-state index contributed by atoms with van der Waals surface area (Å²) in [6.07, 6.45) is 2.58. The van der Waals surface area contributed by atoms with E-state index in [0.717, 1.165) is 25.7 Å². The van der Waals surface area contributed by atoms with Crippen LogP contribution in [0.3, 0.4) is 0 Å². The molecule has 1 heterocycles. The first kappa shape index (κ1) is 14.6. The van der Waals surface area contributed by atoms with Gasteiger partial charge in [0.25, 0.3) is 6.29 Å². The van der Waals surface area contributed by atoms with Gasteiger partial charge in [-0.05, 0) is 18.9 Å². The number of carbonyl (C=O) groups excluding carboxylic acids is 2. The zero-order valence-electron chi connectivity index (χ0n) is 11.9. The maximum absolute atomic E-state index is 12.2. The van der Waals surface area contributed by atoms with E-state index < -0.39 is 12.3 Å². The second-order valence-electron chi connectivity index (χ2n) is 5.04. The molecule has 0 aromatic heterocycles. The lowest BCUT2D eigenvalue weighted by Crippen LogP contribution is -2.20. The first-order valence-electron chi connectivity index (χ1n) is 7.17. The second-order valence-corrected chi connectivity index (χ2v) is 5.04. The molecule has 0 fully saturated rings. The first-order chi connectivity index (χ1) is 9.67. The predicted molar refractivity (Wildman–Crippen MR) is 74.0 cm³/mol. The molecule has 2 rings (SSSR count). The van der Waals surface area contributed by atoms with Gasteiger partial charge in [-0.25, -0.2) is 4.79 Å². The van der Waals surface area contributed by atoms with E-state index in [4.69, 9.17) is 9.47 Å². The van der Waals surface area contributed by atoms with Crippen LogP contribution >= 0.6 is 0 Å². The van der Waals surface area contributed by atoms with Crippen molar-refractivity contribution in [2.24, 2.45) is 5.92 Å². The Morgan fingerprint density at radius 1 is 1.25 bits per heavy atom. The number of ether oxygens (including phenoxy) is 2. The van der Waals surface area contributed by atoms with Gasteiger partial charge < -0.3 is 9.47 Å². The smallest absolute Gasteiger partial charge is 0.342 e. The van der Waals surface area contributed by atoms with Gasteiger partial charge >= 0.3 is 11.9 Å². The van der Waals surface area contributed by atoms with Crippen LogP contribution in [0, 0.1) is 5.92 Å². The van der Waals surface area contributed by atoms with Crippen molar-refractivity contribution in [2.75, 3.05) is 0 Å². The van der Waals surface area contributed by atoms with Crippen LogP contribution in [-0.2, 0) is 14.3 Å². The molecule has 0 bridgehead atoms. The van der Waals surface area contributed by atoms with E-state index in [-0.39, 0.29) is 11.9 Å². The van der Waals surface area contributed by atoms with Crippen molar-refractivity contribution in [1.29, 1.82) is 0 Å². The zero-order valence-corrected chi connectivity index (χ0v) is 11.9. The third-order valence-corrected chi connectivity index (χ3v) is 3.48. The first-order valence-corrected chi connectivity index (χ1v) is 7.17. The summed E-state index contributed by atoms with van der Waals surface area (Å²) in [6.45, 7) is 4.08. The third kappa shape index (κ3) is 3.00. The average Bonchev–Trinajstić information content (AvgIpc) is 2.76. The molecule has 0 saturated carbocycles. The summed E-state index contributed by atoms with van der Waals surface area (Å²) in [5.74, 6) is -0.819. The summed E-state index contributed by atoms with van der Waals surface area (Å²) in [6, 6.07) is 7.01. The fraction of sp³-hybridized carbons (Fsp3) is 0.500. The molecule has 4 nitrogen and oxygen atoms in total. The van der Waals surface area contributed by atoms with Crippen molar-refractivity contribution >= 4 is 11.9 Å². The number of carbonyl (C=O) groups is 2. The summed E-state index contributed by atoms with van der Waals surface area (Å²) in [5.41, 5.74) is 1.12. The number of esters is 2. The molecule has 1 atom stereocenters. The van der Waals surface area contributed by atoms with Crippen LogP contribution in [-0.4, -0.2) is 11.9 Å². The number of hydrogen-bond donors (Lipinski definition) is 0. The Bertz CT molecular complexity index is 489. The topological polar surface area (TPSA) is 52.6 Å². The van der Waals surface area contributed by atoms with Crippen LogP contribution in [0.4, 0.5) is 0 Å². The van der Waals surface area contributed by atoms with E-state index in [2.05, 4.69) is 0 Å². The normalized spacial score (nSPS) is 16.9. The number of fused-ring (bicyclic) bond motifs is 1. The minimum atomic E-state index is -0.887. The molecule has 0 unspecified atom stereocenters. The van der Waals surface area contributed by atoms with Crippen LogP contribution in [0.5, 0.6) is 0 Å². The molecule has 0 aliphatic carbocycles. The van der Waals surface area contributed by atoms with Gasteiger partial charge in [-0.3, -0.25) is 4.79 Å². The van der Waals surface area contributed by atoms with Crippen LogP contribution in [0.15, 0.2) is 24.3 Å². The van der Waals surface area contributed by atoms with Gasteiger partial charge in [-0.2, -0.15) is 0 Å². The third-order valence-electron chi connectivity index (χ3n) is 3.48. The highest BCUT2D eigenvalue weighted by atomic mass is 16.7. The highest BCUT2D eigenvalue weighted by Crippen LogP contribution is 2.32. The van der Waals surface area contributed by atoms with Gasteiger partial charge in [-0.1, -0.05) is 44.9 Å². The van der Waals surface area contributed by atoms with Crippen molar-refractivity contribution < 1.29 is 19.1 Å². The molecule has 1 aliphatic rings. The van der Waals surface area contributed by atoms with E-state index in [0.29, 0.717) is 11.1 Å². The summed E-state index contributed by atoms with van der Waals surface area (Å²) in [4.78, 5) is 23.8. The molecule has 1 aromatic carbocycles. The Balaban J connectivity index is 2.07. The van der Waals surface area contributed by atoms with Gasteiger partial charge in [0.15, 0.2) is 0 Å². The van der Waals surface area contributed by atoms with Crippen LogP contribution in [0.2, 0.25) is 0 Å². The molecule has 20 heavy (non-hydrogen) atoms. The minimum absolute atomic E-state index is 0.114. The predicted octanol–water partition coefficient (Wildman–Crippen LogP) is 3.62. The molecule has 108 valence electrons. The number of cyclic esters (lactones) is 1. The van der Waals surface area contributed by atoms with Crippen LogP contribution in [0.1, 0.15) is 61.7 Å². The lowest BCUT2D eigenvalue weighted by molar-refractivity contribution is -0.173. The molecule has 1 aromatic rings. The van der Waals surface area contributed by atoms with Gasteiger partial charge in [0.2, 0.25) is 0 Å². The highest BCUT2D eigenvalue weighted by molar-refractivity contribution is 5.94. The average molecular weight is 276 g/mol. The number of benzene rings is 1. The largest absolute Gasteiger partial charge is 0.420 e. The fourth-order valence-electron chi connectivity index (χ4n) is 2.48. The SMILES string of the molecule is CCCC(CCC)C(=O)O[C@H]1OC(=O)c2ccccc21. The monoisotopic (exact) mass is 276 g/mol. The fourth-order valence-corrected chi connectivity index (χ4v) is 2.48. The van der Waals surface area contributed by atoms with Crippen molar-refractivity contribution in [2.45, 2.75) is 45.8 Å². The highest BCUT2D eigenvalue weighted by Gasteiger charge is 2.34. The Morgan fingerprint density at radius 2 is 1.90 bits per heavy atom. The van der Waals surface area contributed by atoms with Crippen molar-refractivity contribution in [3.05, 3.63) is 35.4 Å². The Morgan fingerprint density at radius 3 is 2.55 bits per heavy atom. The summed E-state index contributed by atoms with van der Waals surface area (Å²) >= 11 is 0. The molecule has 1 aliphatic heterocycles. The number of hydrogen-bond acceptors (Lipinski definition) is 4. The Hall–Kier alpha value is -1.84. The molecule has 0 spiro atoms. The number of rotatable bonds is 6. The lowest BCUT2D eigenvalue weighted by atomic mass is 9.98. The molecule has 0 radical (unpaired) electrons. The molecule has 4 heteroatoms. The maximum Gasteiger partial charge on any atom is 0.342 e. The van der Waals surface area contributed by atoms with Crippen LogP contribution < -0.4 is 0 Å². The summed E-state index contributed by atoms with van der Waals surface area (Å²) in [5, 5.41) is 0. The van der Waals surface area contributed by atoms with E-state index >= 15 is 0 Å². The van der Waals surface area contributed by atoms with Gasteiger partial charge in [0.1, 0.15) is 0 Å². The van der Waals surface area contributed by atoms with Gasteiger partial charge in [0, 0.05) is 5.56 Å². The van der Waals surface area contributed by atoms with E-state index in [1.54, 1.807) is 24.3 Å². The van der Waals surface area contributed by atoms with Crippen molar-refractivity contribution in [3.63, 3.8) is 0 Å². The van der Waals surface area contributed by atoms with E-state index in [9.17, 15) is 9.59 Å². The Kier molecular flexibility index (Phi) is 4.77. The Labute approximate surface area is 119 Å². The van der Waals surface area contributed by atoms with Crippen LogP contribution in [0.25, 0.3) is 0 Å². The van der Waals surface area contributed by atoms with Gasteiger partial charge in [0.05, 0.1) is 11.5 Å². The molecule has 0 amide bonds. The standard InChI is InChI=1S/C16H20O4/c1-3-7-11(8-4-2)14(17)19-16-13-10-6-5-9-12(13)15(18)20-16/h5-6,9-11,16H,3-4,7-8H2,1-2H3/t16-/m0/s1. The lowest BCUT2D eigenvalue weighted by Gasteiger charge is -2.18. The molecular weight excluding hydrogens is 256 g/mol. The van der Waals surface area contributed by atoms with Crippen molar-refractivity contribution in [3.8, 4) is 0 Å². The minimum Gasteiger partial charge on any atom is -0.420 e. The molecule has 0 N–H and O–H groups in total.